The van der Waals surface area contributed by atoms with Crippen molar-refractivity contribution in [2.75, 3.05) is 38.1 Å². The van der Waals surface area contributed by atoms with E-state index in [0.29, 0.717) is 0 Å². The lowest BCUT2D eigenvalue weighted by Gasteiger charge is -2.20. The Morgan fingerprint density at radius 1 is 1.15 bits per heavy atom. The van der Waals surface area contributed by atoms with E-state index in [1.807, 2.05) is 6.07 Å². The third kappa shape index (κ3) is 5.41. The molecular weight excluding hydrogens is 248 g/mol. The standard InChI is InChI=1S/C17H28N2O/c1-2-14-20-17-9-7-8-16(15-17)18-10-13-19-11-5-3-4-6-12-19/h7-9,15,18H,2-6,10-14H2,1H3. The van der Waals surface area contributed by atoms with Crippen LogP contribution in [0.25, 0.3) is 0 Å². The molecule has 1 aliphatic heterocycles. The van der Waals surface area contributed by atoms with E-state index in [1.165, 1.54) is 38.8 Å². The molecular formula is C17H28N2O. The number of hydrogen-bond donors (Lipinski definition) is 1. The van der Waals surface area contributed by atoms with Gasteiger partial charge in [0.25, 0.3) is 0 Å². The summed E-state index contributed by atoms with van der Waals surface area (Å²) in [5, 5.41) is 3.51. The zero-order chi connectivity index (χ0) is 14.0. The molecule has 112 valence electrons. The van der Waals surface area contributed by atoms with E-state index in [1.54, 1.807) is 0 Å². The van der Waals surface area contributed by atoms with Crippen molar-refractivity contribution >= 4 is 5.69 Å². The van der Waals surface area contributed by atoms with E-state index in [-0.39, 0.29) is 0 Å². The molecule has 3 heteroatoms. The smallest absolute Gasteiger partial charge is 0.121 e. The summed E-state index contributed by atoms with van der Waals surface area (Å²) in [7, 11) is 0. The molecule has 1 N–H and O–H groups in total. The Bertz CT molecular complexity index is 373. The van der Waals surface area contributed by atoms with Crippen molar-refractivity contribution in [1.29, 1.82) is 0 Å². The van der Waals surface area contributed by atoms with E-state index in [0.717, 1.165) is 37.6 Å². The molecule has 1 aromatic rings. The topological polar surface area (TPSA) is 24.5 Å². The molecule has 0 spiro atoms. The molecule has 1 aliphatic rings. The number of likely N-dealkylation sites (tertiary alicyclic amines) is 1. The maximum atomic E-state index is 5.66. The van der Waals surface area contributed by atoms with Gasteiger partial charge < -0.3 is 15.0 Å². The van der Waals surface area contributed by atoms with Crippen molar-refractivity contribution in [1.82, 2.24) is 4.90 Å². The van der Waals surface area contributed by atoms with Crippen molar-refractivity contribution in [3.63, 3.8) is 0 Å². The van der Waals surface area contributed by atoms with Gasteiger partial charge in [-0.25, -0.2) is 0 Å². The maximum absolute atomic E-state index is 5.66. The SMILES string of the molecule is CCCOc1cccc(NCCN2CCCCCC2)c1. The van der Waals surface area contributed by atoms with Crippen LogP contribution in [0.5, 0.6) is 5.75 Å². The van der Waals surface area contributed by atoms with Gasteiger partial charge in [0.1, 0.15) is 5.75 Å². The molecule has 0 unspecified atom stereocenters. The predicted molar refractivity (Wildman–Crippen MR) is 85.6 cm³/mol. The minimum atomic E-state index is 0.789. The highest BCUT2D eigenvalue weighted by Gasteiger charge is 2.07. The fourth-order valence-electron chi connectivity index (χ4n) is 2.63. The first-order chi connectivity index (χ1) is 9.88. The van der Waals surface area contributed by atoms with Gasteiger partial charge in [-0.15, -0.1) is 0 Å². The number of rotatable bonds is 7. The minimum Gasteiger partial charge on any atom is -0.494 e. The normalized spacial score (nSPS) is 16.6. The van der Waals surface area contributed by atoms with Crippen molar-refractivity contribution in [3.8, 4) is 5.75 Å². The number of nitrogens with zero attached hydrogens (tertiary/aromatic N) is 1. The predicted octanol–water partition coefficient (Wildman–Crippen LogP) is 3.76. The van der Waals surface area contributed by atoms with Gasteiger partial charge >= 0.3 is 0 Å². The molecule has 0 aliphatic carbocycles. The van der Waals surface area contributed by atoms with Gasteiger partial charge in [0.05, 0.1) is 6.61 Å². The number of nitrogens with one attached hydrogen (secondary N) is 1. The Kier molecular flexibility index (Phi) is 6.72. The highest BCUT2D eigenvalue weighted by molar-refractivity contribution is 5.48. The summed E-state index contributed by atoms with van der Waals surface area (Å²) in [4.78, 5) is 2.58. The summed E-state index contributed by atoms with van der Waals surface area (Å²) >= 11 is 0. The summed E-state index contributed by atoms with van der Waals surface area (Å²) in [5.41, 5.74) is 1.16. The molecule has 2 rings (SSSR count). The first-order valence-corrected chi connectivity index (χ1v) is 8.07. The molecule has 1 heterocycles. The summed E-state index contributed by atoms with van der Waals surface area (Å²) in [6.07, 6.45) is 6.58. The van der Waals surface area contributed by atoms with Crippen LogP contribution in [-0.4, -0.2) is 37.7 Å². The van der Waals surface area contributed by atoms with Gasteiger partial charge in [-0.3, -0.25) is 0 Å². The van der Waals surface area contributed by atoms with Crippen LogP contribution in [0.4, 0.5) is 5.69 Å². The van der Waals surface area contributed by atoms with Crippen LogP contribution >= 0.6 is 0 Å². The quantitative estimate of drug-likeness (QED) is 0.820. The summed E-state index contributed by atoms with van der Waals surface area (Å²) < 4.78 is 5.66. The van der Waals surface area contributed by atoms with Crippen LogP contribution in [0.15, 0.2) is 24.3 Å². The van der Waals surface area contributed by atoms with Crippen molar-refractivity contribution in [3.05, 3.63) is 24.3 Å². The lowest BCUT2D eigenvalue weighted by atomic mass is 10.2. The number of hydrogen-bond acceptors (Lipinski definition) is 3. The van der Waals surface area contributed by atoms with Crippen LogP contribution in [0.3, 0.4) is 0 Å². The third-order valence-electron chi connectivity index (χ3n) is 3.76. The van der Waals surface area contributed by atoms with Crippen LogP contribution < -0.4 is 10.1 Å². The fourth-order valence-corrected chi connectivity index (χ4v) is 2.63. The second-order valence-corrected chi connectivity index (χ2v) is 5.56. The van der Waals surface area contributed by atoms with Crippen LogP contribution in [-0.2, 0) is 0 Å². The lowest BCUT2D eigenvalue weighted by Crippen LogP contribution is -2.29. The van der Waals surface area contributed by atoms with Gasteiger partial charge in [-0.2, -0.15) is 0 Å². The van der Waals surface area contributed by atoms with E-state index in [2.05, 4.69) is 35.3 Å². The monoisotopic (exact) mass is 276 g/mol. The number of ether oxygens (including phenoxy) is 1. The molecule has 1 fully saturated rings. The Balaban J connectivity index is 1.72. The lowest BCUT2D eigenvalue weighted by molar-refractivity contribution is 0.296. The van der Waals surface area contributed by atoms with E-state index in [9.17, 15) is 0 Å². The van der Waals surface area contributed by atoms with Crippen molar-refractivity contribution in [2.45, 2.75) is 39.0 Å². The molecule has 0 atom stereocenters. The van der Waals surface area contributed by atoms with E-state index < -0.39 is 0 Å². The first kappa shape index (κ1) is 15.2. The van der Waals surface area contributed by atoms with Crippen LogP contribution in [0.1, 0.15) is 39.0 Å². The Hall–Kier alpha value is -1.22. The average molecular weight is 276 g/mol. The van der Waals surface area contributed by atoms with E-state index >= 15 is 0 Å². The Labute approximate surface area is 123 Å². The Morgan fingerprint density at radius 2 is 1.95 bits per heavy atom. The highest BCUT2D eigenvalue weighted by atomic mass is 16.5. The zero-order valence-electron chi connectivity index (χ0n) is 12.7. The van der Waals surface area contributed by atoms with Gasteiger partial charge in [0.2, 0.25) is 0 Å². The molecule has 0 aromatic heterocycles. The van der Waals surface area contributed by atoms with Gasteiger partial charge in [0, 0.05) is 24.8 Å². The molecule has 3 nitrogen and oxygen atoms in total. The minimum absolute atomic E-state index is 0.789. The largest absolute Gasteiger partial charge is 0.494 e. The van der Waals surface area contributed by atoms with Gasteiger partial charge in [0.15, 0.2) is 0 Å². The molecule has 1 saturated heterocycles. The Morgan fingerprint density at radius 3 is 2.70 bits per heavy atom. The van der Waals surface area contributed by atoms with E-state index in [4.69, 9.17) is 4.74 Å². The number of anilines is 1. The molecule has 1 aromatic carbocycles. The van der Waals surface area contributed by atoms with Gasteiger partial charge in [-0.05, 0) is 44.5 Å². The second-order valence-electron chi connectivity index (χ2n) is 5.56. The summed E-state index contributed by atoms with van der Waals surface area (Å²) in [6.45, 7) is 7.60. The highest BCUT2D eigenvalue weighted by Crippen LogP contribution is 2.17. The summed E-state index contributed by atoms with van der Waals surface area (Å²) in [5.74, 6) is 0.964. The molecule has 0 amide bonds. The first-order valence-electron chi connectivity index (χ1n) is 8.07. The van der Waals surface area contributed by atoms with Crippen LogP contribution in [0.2, 0.25) is 0 Å². The molecule has 0 bridgehead atoms. The third-order valence-corrected chi connectivity index (χ3v) is 3.76. The second kappa shape index (κ2) is 8.85. The zero-order valence-corrected chi connectivity index (χ0v) is 12.7. The maximum Gasteiger partial charge on any atom is 0.121 e. The fraction of sp³-hybridized carbons (Fsp3) is 0.647. The molecule has 0 saturated carbocycles. The van der Waals surface area contributed by atoms with Crippen molar-refractivity contribution < 1.29 is 4.74 Å². The summed E-state index contributed by atoms with van der Waals surface area (Å²) in [6, 6.07) is 8.29. The van der Waals surface area contributed by atoms with Crippen LogP contribution in [0, 0.1) is 0 Å². The number of benzene rings is 1. The van der Waals surface area contributed by atoms with Gasteiger partial charge in [-0.1, -0.05) is 25.8 Å². The average Bonchev–Trinajstić information content (AvgIpc) is 2.74. The van der Waals surface area contributed by atoms with Crippen molar-refractivity contribution in [2.24, 2.45) is 0 Å². The molecule has 0 radical (unpaired) electrons. The molecule has 20 heavy (non-hydrogen) atoms.